The van der Waals surface area contributed by atoms with Gasteiger partial charge in [0.25, 0.3) is 5.56 Å². The van der Waals surface area contributed by atoms with Gasteiger partial charge < -0.3 is 14.6 Å². The summed E-state index contributed by atoms with van der Waals surface area (Å²) in [6.07, 6.45) is 1.24. The number of halogens is 2. The van der Waals surface area contributed by atoms with E-state index in [0.29, 0.717) is 11.9 Å². The minimum atomic E-state index is -0.615. The summed E-state index contributed by atoms with van der Waals surface area (Å²) in [5.41, 5.74) is -0.471. The van der Waals surface area contributed by atoms with E-state index in [4.69, 9.17) is 16.3 Å². The summed E-state index contributed by atoms with van der Waals surface area (Å²) < 4.78 is 19.1. The number of H-pyrrole nitrogens is 1. The topological polar surface area (TPSA) is 62.4 Å². The fourth-order valence-corrected chi connectivity index (χ4v) is 4.32. The number of carbonyl (C=O) groups is 1. The number of hydrogen-bond donors (Lipinski definition) is 1. The van der Waals surface area contributed by atoms with Crippen molar-refractivity contribution < 1.29 is 13.9 Å². The highest BCUT2D eigenvalue weighted by Gasteiger charge is 2.58. The molecule has 0 spiro atoms. The average molecular weight is 379 g/mol. The second-order valence-corrected chi connectivity index (χ2v) is 8.67. The molecule has 3 aliphatic rings. The third-order valence-electron chi connectivity index (χ3n) is 5.27. The predicted molar refractivity (Wildman–Crippen MR) is 97.2 cm³/mol. The highest BCUT2D eigenvalue weighted by Crippen LogP contribution is 2.53. The molecule has 1 amide bonds. The molecular formula is C19H20ClFN2O3. The zero-order valence-corrected chi connectivity index (χ0v) is 15.6. The summed E-state index contributed by atoms with van der Waals surface area (Å²) in [5, 5.41) is 0.592. The van der Waals surface area contributed by atoms with Crippen LogP contribution in [-0.2, 0) is 10.2 Å². The standard InChI is InChI=1S/C19H20ClFN2O3/c1-18(2,3)26-17(25)23-9-19(7-11(23)8-19)13-6-10-4-5-12(21)15(20)14(10)16(24)22-13/h4-6,11H,7-9H2,1-3H3,(H,22,24). The number of fused-ring (bicyclic) bond motifs is 2. The lowest BCUT2D eigenvalue weighted by atomic mass is 9.67. The second kappa shape index (κ2) is 5.46. The number of aromatic amines is 1. The number of carbonyl (C=O) groups excluding carboxylic acids is 1. The van der Waals surface area contributed by atoms with Gasteiger partial charge >= 0.3 is 6.09 Å². The molecule has 7 heteroatoms. The molecule has 0 unspecified atom stereocenters. The van der Waals surface area contributed by atoms with Crippen LogP contribution in [0.15, 0.2) is 23.0 Å². The monoisotopic (exact) mass is 378 g/mol. The van der Waals surface area contributed by atoms with Gasteiger partial charge in [-0.15, -0.1) is 0 Å². The van der Waals surface area contributed by atoms with Crippen molar-refractivity contribution in [1.82, 2.24) is 9.88 Å². The Balaban J connectivity index is 1.67. The first-order chi connectivity index (χ1) is 12.1. The van der Waals surface area contributed by atoms with Crippen LogP contribution >= 0.6 is 11.6 Å². The van der Waals surface area contributed by atoms with E-state index in [1.165, 1.54) is 6.07 Å². The Morgan fingerprint density at radius 3 is 2.73 bits per heavy atom. The maximum atomic E-state index is 13.6. The van der Waals surface area contributed by atoms with Crippen LogP contribution in [0.2, 0.25) is 5.02 Å². The van der Waals surface area contributed by atoms with E-state index in [1.54, 1.807) is 11.0 Å². The molecule has 3 fully saturated rings. The maximum absolute atomic E-state index is 13.6. The normalized spacial score (nSPS) is 24.7. The van der Waals surface area contributed by atoms with E-state index < -0.39 is 17.0 Å². The van der Waals surface area contributed by atoms with Crippen molar-refractivity contribution in [2.45, 2.75) is 50.7 Å². The number of benzene rings is 1. The Kier molecular flexibility index (Phi) is 3.64. The minimum absolute atomic E-state index is 0.126. The van der Waals surface area contributed by atoms with Gasteiger partial charge in [0.1, 0.15) is 11.4 Å². The molecular weight excluding hydrogens is 359 g/mol. The largest absolute Gasteiger partial charge is 0.444 e. The third-order valence-corrected chi connectivity index (χ3v) is 5.64. The highest BCUT2D eigenvalue weighted by molar-refractivity contribution is 6.35. The average Bonchev–Trinajstić information content (AvgIpc) is 3.05. The first-order valence-electron chi connectivity index (χ1n) is 8.61. The molecule has 2 aromatic rings. The second-order valence-electron chi connectivity index (χ2n) is 8.29. The first kappa shape index (κ1) is 17.3. The summed E-state index contributed by atoms with van der Waals surface area (Å²) in [4.78, 5) is 29.5. The fraction of sp³-hybridized carbons (Fsp3) is 0.474. The fourth-order valence-electron chi connectivity index (χ4n) is 4.06. The van der Waals surface area contributed by atoms with Crippen molar-refractivity contribution in [2.24, 2.45) is 0 Å². The number of nitrogens with zero attached hydrogens (tertiary/aromatic N) is 1. The number of hydrogen-bond acceptors (Lipinski definition) is 3. The summed E-state index contributed by atoms with van der Waals surface area (Å²) in [6.45, 7) is 6.02. The van der Waals surface area contributed by atoms with Crippen LogP contribution in [0.5, 0.6) is 0 Å². The zero-order chi connectivity index (χ0) is 18.9. The molecule has 3 heterocycles. The molecule has 26 heavy (non-hydrogen) atoms. The number of aromatic nitrogens is 1. The van der Waals surface area contributed by atoms with Crippen molar-refractivity contribution in [3.8, 4) is 0 Å². The van der Waals surface area contributed by atoms with Gasteiger partial charge in [0.15, 0.2) is 0 Å². The lowest BCUT2D eigenvalue weighted by molar-refractivity contribution is 0.0246. The van der Waals surface area contributed by atoms with Crippen molar-refractivity contribution in [3.63, 3.8) is 0 Å². The SMILES string of the molecule is CC(C)(C)OC(=O)N1CC2(c3cc4ccc(F)c(Cl)c4c(=O)[nH]3)CC1C2. The molecule has 1 saturated carbocycles. The third kappa shape index (κ3) is 2.58. The molecule has 2 bridgehead atoms. The molecule has 0 atom stereocenters. The van der Waals surface area contributed by atoms with Crippen LogP contribution in [0.1, 0.15) is 39.3 Å². The summed E-state index contributed by atoms with van der Waals surface area (Å²) in [5.74, 6) is -0.615. The van der Waals surface area contributed by atoms with Gasteiger partial charge in [-0.25, -0.2) is 9.18 Å². The Hall–Kier alpha value is -2.08. The quantitative estimate of drug-likeness (QED) is 0.816. The van der Waals surface area contributed by atoms with Crippen LogP contribution in [0.3, 0.4) is 0 Å². The Bertz CT molecular complexity index is 973. The van der Waals surface area contributed by atoms with Crippen LogP contribution in [-0.4, -0.2) is 34.2 Å². The predicted octanol–water partition coefficient (Wildman–Crippen LogP) is 3.97. The van der Waals surface area contributed by atoms with Gasteiger partial charge in [0, 0.05) is 23.7 Å². The molecule has 5 nitrogen and oxygen atoms in total. The Morgan fingerprint density at radius 2 is 2.08 bits per heavy atom. The number of pyridine rings is 1. The van der Waals surface area contributed by atoms with E-state index >= 15 is 0 Å². The molecule has 0 radical (unpaired) electrons. The van der Waals surface area contributed by atoms with Crippen LogP contribution in [0.4, 0.5) is 9.18 Å². The van der Waals surface area contributed by atoms with Crippen molar-refractivity contribution >= 4 is 28.5 Å². The Labute approximate surface area is 155 Å². The zero-order valence-electron chi connectivity index (χ0n) is 14.9. The van der Waals surface area contributed by atoms with Gasteiger partial charge in [0.05, 0.1) is 10.4 Å². The van der Waals surface area contributed by atoms with E-state index in [1.807, 2.05) is 26.8 Å². The van der Waals surface area contributed by atoms with E-state index in [0.717, 1.165) is 18.5 Å². The van der Waals surface area contributed by atoms with Crippen LogP contribution < -0.4 is 5.56 Å². The lowest BCUT2D eigenvalue weighted by Gasteiger charge is -2.36. The molecule has 1 aliphatic carbocycles. The van der Waals surface area contributed by atoms with E-state index in [9.17, 15) is 14.0 Å². The highest BCUT2D eigenvalue weighted by atomic mass is 35.5. The van der Waals surface area contributed by atoms with Gasteiger partial charge in [-0.1, -0.05) is 17.7 Å². The van der Waals surface area contributed by atoms with Crippen LogP contribution in [0.25, 0.3) is 10.8 Å². The molecule has 1 aromatic heterocycles. The van der Waals surface area contributed by atoms with Crippen molar-refractivity contribution in [3.05, 3.63) is 45.1 Å². The molecule has 2 aliphatic heterocycles. The van der Waals surface area contributed by atoms with Gasteiger partial charge in [0.2, 0.25) is 0 Å². The van der Waals surface area contributed by atoms with Gasteiger partial charge in [-0.2, -0.15) is 0 Å². The number of ether oxygens (including phenoxy) is 1. The lowest BCUT2D eigenvalue weighted by Crippen LogP contribution is -2.41. The maximum Gasteiger partial charge on any atom is 0.410 e. The summed E-state index contributed by atoms with van der Waals surface area (Å²) in [7, 11) is 0. The number of rotatable bonds is 1. The molecule has 138 valence electrons. The molecule has 1 aromatic carbocycles. The van der Waals surface area contributed by atoms with Crippen molar-refractivity contribution in [1.29, 1.82) is 0 Å². The molecule has 1 N–H and O–H groups in total. The van der Waals surface area contributed by atoms with Crippen LogP contribution in [0, 0.1) is 5.82 Å². The number of nitrogens with one attached hydrogen (secondary N) is 1. The van der Waals surface area contributed by atoms with Gasteiger partial charge in [-0.05, 0) is 51.1 Å². The minimum Gasteiger partial charge on any atom is -0.444 e. The molecule has 2 saturated heterocycles. The summed E-state index contributed by atoms with van der Waals surface area (Å²) >= 11 is 5.95. The first-order valence-corrected chi connectivity index (χ1v) is 8.99. The van der Waals surface area contributed by atoms with E-state index in [-0.39, 0.29) is 28.0 Å². The number of amides is 1. The van der Waals surface area contributed by atoms with Gasteiger partial charge in [-0.3, -0.25) is 4.79 Å². The Morgan fingerprint density at radius 1 is 1.38 bits per heavy atom. The van der Waals surface area contributed by atoms with Crippen molar-refractivity contribution in [2.75, 3.05) is 6.54 Å². The smallest absolute Gasteiger partial charge is 0.410 e. The molecule has 5 rings (SSSR count). The van der Waals surface area contributed by atoms with E-state index in [2.05, 4.69) is 4.98 Å². The summed E-state index contributed by atoms with van der Waals surface area (Å²) in [6, 6.07) is 4.79.